The third kappa shape index (κ3) is 4.08. The standard InChI is InChI=1S/C19H27NO4/c1-12-10-13(2)14(3)17(11-12)24-9-7-18(21)20-8-5-6-16(15(20)4)19(22)23/h10-11,15-16H,5-9H2,1-4H3,(H,22,23)/t15-,16-/m1/s1. The first kappa shape index (κ1) is 18.3. The number of ether oxygens (including phenoxy) is 1. The zero-order valence-electron chi connectivity index (χ0n) is 15.0. The van der Waals surface area contributed by atoms with E-state index >= 15 is 0 Å². The van der Waals surface area contributed by atoms with Crippen LogP contribution in [0, 0.1) is 26.7 Å². The van der Waals surface area contributed by atoms with E-state index in [1.807, 2.05) is 33.8 Å². The molecule has 1 aromatic carbocycles. The molecule has 0 saturated carbocycles. The summed E-state index contributed by atoms with van der Waals surface area (Å²) in [5.41, 5.74) is 3.39. The maximum Gasteiger partial charge on any atom is 0.308 e. The van der Waals surface area contributed by atoms with Crippen LogP contribution in [-0.4, -0.2) is 41.1 Å². The van der Waals surface area contributed by atoms with Crippen molar-refractivity contribution < 1.29 is 19.4 Å². The van der Waals surface area contributed by atoms with Gasteiger partial charge in [-0.25, -0.2) is 0 Å². The zero-order valence-corrected chi connectivity index (χ0v) is 15.0. The summed E-state index contributed by atoms with van der Waals surface area (Å²) >= 11 is 0. The Kier molecular flexibility index (Phi) is 5.86. The number of hydrogen-bond acceptors (Lipinski definition) is 3. The van der Waals surface area contributed by atoms with Crippen molar-refractivity contribution in [3.8, 4) is 5.75 Å². The zero-order chi connectivity index (χ0) is 17.9. The number of rotatable bonds is 5. The number of likely N-dealkylation sites (tertiary alicyclic amines) is 1. The molecular weight excluding hydrogens is 306 g/mol. The van der Waals surface area contributed by atoms with Gasteiger partial charge >= 0.3 is 5.97 Å². The Morgan fingerprint density at radius 3 is 2.67 bits per heavy atom. The smallest absolute Gasteiger partial charge is 0.308 e. The number of carboxylic acids is 1. The Hall–Kier alpha value is -2.04. The number of aryl methyl sites for hydroxylation is 2. The maximum absolute atomic E-state index is 12.4. The Balaban J connectivity index is 1.93. The number of piperidine rings is 1. The van der Waals surface area contributed by atoms with Gasteiger partial charge in [0.1, 0.15) is 5.75 Å². The largest absolute Gasteiger partial charge is 0.493 e. The predicted molar refractivity (Wildman–Crippen MR) is 92.3 cm³/mol. The van der Waals surface area contributed by atoms with E-state index in [9.17, 15) is 14.7 Å². The molecule has 2 rings (SSSR count). The molecule has 1 aliphatic heterocycles. The summed E-state index contributed by atoms with van der Waals surface area (Å²) in [4.78, 5) is 25.4. The van der Waals surface area contributed by atoms with Crippen molar-refractivity contribution >= 4 is 11.9 Å². The van der Waals surface area contributed by atoms with Gasteiger partial charge in [0.25, 0.3) is 0 Å². The first-order chi connectivity index (χ1) is 11.3. The normalized spacial score (nSPS) is 20.8. The van der Waals surface area contributed by atoms with Crippen LogP contribution in [0.2, 0.25) is 0 Å². The van der Waals surface area contributed by atoms with Gasteiger partial charge in [0.15, 0.2) is 0 Å². The van der Waals surface area contributed by atoms with Crippen LogP contribution in [0.4, 0.5) is 0 Å². The van der Waals surface area contributed by atoms with E-state index in [-0.39, 0.29) is 18.4 Å². The minimum atomic E-state index is -0.817. The van der Waals surface area contributed by atoms with E-state index in [0.717, 1.165) is 23.3 Å². The molecule has 0 aliphatic carbocycles. The lowest BCUT2D eigenvalue weighted by Gasteiger charge is -2.37. The van der Waals surface area contributed by atoms with Crippen LogP contribution in [0.5, 0.6) is 5.75 Å². The van der Waals surface area contributed by atoms with Crippen LogP contribution in [0.15, 0.2) is 12.1 Å². The fourth-order valence-electron chi connectivity index (χ4n) is 3.37. The van der Waals surface area contributed by atoms with Crippen molar-refractivity contribution in [3.63, 3.8) is 0 Å². The van der Waals surface area contributed by atoms with E-state index in [0.29, 0.717) is 19.6 Å². The van der Waals surface area contributed by atoms with Gasteiger partial charge in [-0.15, -0.1) is 0 Å². The van der Waals surface area contributed by atoms with Gasteiger partial charge < -0.3 is 14.7 Å². The number of carboxylic acid groups (broad SMARTS) is 1. The van der Waals surface area contributed by atoms with Crippen LogP contribution in [-0.2, 0) is 9.59 Å². The average molecular weight is 333 g/mol. The Bertz CT molecular complexity index is 626. The SMILES string of the molecule is Cc1cc(C)c(C)c(OCCC(=O)N2CCC[C@@H](C(=O)O)[C@H]2C)c1. The van der Waals surface area contributed by atoms with Crippen molar-refractivity contribution in [2.45, 2.75) is 53.0 Å². The Labute approximate surface area is 143 Å². The molecular formula is C19H27NO4. The van der Waals surface area contributed by atoms with Crippen molar-refractivity contribution in [1.82, 2.24) is 4.90 Å². The summed E-state index contributed by atoms with van der Waals surface area (Å²) in [6.07, 6.45) is 1.64. The molecule has 1 fully saturated rings. The summed E-state index contributed by atoms with van der Waals surface area (Å²) in [6, 6.07) is 3.83. The number of benzene rings is 1. The molecule has 1 heterocycles. The lowest BCUT2D eigenvalue weighted by molar-refractivity contribution is -0.149. The number of aliphatic carboxylic acids is 1. The molecule has 5 nitrogen and oxygen atoms in total. The second kappa shape index (κ2) is 7.69. The molecule has 1 amide bonds. The van der Waals surface area contributed by atoms with Crippen molar-refractivity contribution in [2.24, 2.45) is 5.92 Å². The molecule has 0 unspecified atom stereocenters. The summed E-state index contributed by atoms with van der Waals surface area (Å²) in [5, 5.41) is 9.25. The lowest BCUT2D eigenvalue weighted by atomic mass is 9.90. The monoisotopic (exact) mass is 333 g/mol. The summed E-state index contributed by atoms with van der Waals surface area (Å²) < 4.78 is 5.81. The minimum absolute atomic E-state index is 0.0320. The highest BCUT2D eigenvalue weighted by atomic mass is 16.5. The maximum atomic E-state index is 12.4. The molecule has 2 atom stereocenters. The molecule has 5 heteroatoms. The number of nitrogens with zero attached hydrogens (tertiary/aromatic N) is 1. The quantitative estimate of drug-likeness (QED) is 0.899. The van der Waals surface area contributed by atoms with Gasteiger partial charge in [-0.2, -0.15) is 0 Å². The fourth-order valence-corrected chi connectivity index (χ4v) is 3.37. The van der Waals surface area contributed by atoms with E-state index in [4.69, 9.17) is 4.74 Å². The van der Waals surface area contributed by atoms with E-state index in [2.05, 4.69) is 6.07 Å². The average Bonchev–Trinajstić information content (AvgIpc) is 2.51. The first-order valence-electron chi connectivity index (χ1n) is 8.54. The Morgan fingerprint density at radius 1 is 1.29 bits per heavy atom. The molecule has 0 radical (unpaired) electrons. The van der Waals surface area contributed by atoms with Gasteiger partial charge in [0, 0.05) is 12.6 Å². The predicted octanol–water partition coefficient (Wildman–Crippen LogP) is 3.09. The molecule has 1 N–H and O–H groups in total. The number of carbonyl (C=O) groups excluding carboxylic acids is 1. The van der Waals surface area contributed by atoms with Crippen LogP contribution in [0.3, 0.4) is 0 Å². The van der Waals surface area contributed by atoms with E-state index in [1.165, 1.54) is 5.56 Å². The minimum Gasteiger partial charge on any atom is -0.493 e. The highest BCUT2D eigenvalue weighted by Gasteiger charge is 2.34. The van der Waals surface area contributed by atoms with Crippen LogP contribution in [0.25, 0.3) is 0 Å². The van der Waals surface area contributed by atoms with Gasteiger partial charge in [0.05, 0.1) is 18.9 Å². The first-order valence-corrected chi connectivity index (χ1v) is 8.54. The van der Waals surface area contributed by atoms with Crippen molar-refractivity contribution in [3.05, 3.63) is 28.8 Å². The van der Waals surface area contributed by atoms with Crippen molar-refractivity contribution in [2.75, 3.05) is 13.2 Å². The summed E-state index contributed by atoms with van der Waals surface area (Å²) in [5.74, 6) is -0.502. The second-order valence-corrected chi connectivity index (χ2v) is 6.72. The van der Waals surface area contributed by atoms with Crippen LogP contribution in [0.1, 0.15) is 42.9 Å². The fraction of sp³-hybridized carbons (Fsp3) is 0.579. The highest BCUT2D eigenvalue weighted by Crippen LogP contribution is 2.25. The molecule has 1 aromatic rings. The van der Waals surface area contributed by atoms with Gasteiger partial charge in [-0.1, -0.05) is 6.07 Å². The highest BCUT2D eigenvalue weighted by molar-refractivity contribution is 5.78. The molecule has 132 valence electrons. The second-order valence-electron chi connectivity index (χ2n) is 6.72. The van der Waals surface area contributed by atoms with Crippen LogP contribution < -0.4 is 4.74 Å². The third-order valence-corrected chi connectivity index (χ3v) is 4.96. The lowest BCUT2D eigenvalue weighted by Crippen LogP contribution is -2.49. The van der Waals surface area contributed by atoms with E-state index < -0.39 is 11.9 Å². The van der Waals surface area contributed by atoms with Gasteiger partial charge in [-0.05, 0) is 63.3 Å². The molecule has 1 saturated heterocycles. The van der Waals surface area contributed by atoms with Crippen LogP contribution >= 0.6 is 0 Å². The topological polar surface area (TPSA) is 66.8 Å². The molecule has 0 aromatic heterocycles. The molecule has 0 bridgehead atoms. The third-order valence-electron chi connectivity index (χ3n) is 4.96. The van der Waals surface area contributed by atoms with Crippen molar-refractivity contribution in [1.29, 1.82) is 0 Å². The van der Waals surface area contributed by atoms with Gasteiger partial charge in [0.2, 0.25) is 5.91 Å². The molecule has 24 heavy (non-hydrogen) atoms. The van der Waals surface area contributed by atoms with Gasteiger partial charge in [-0.3, -0.25) is 9.59 Å². The number of amides is 1. The summed E-state index contributed by atoms with van der Waals surface area (Å²) in [7, 11) is 0. The number of carbonyl (C=O) groups is 2. The Morgan fingerprint density at radius 2 is 2.00 bits per heavy atom. The summed E-state index contributed by atoms with van der Waals surface area (Å²) in [6.45, 7) is 8.84. The molecule has 1 aliphatic rings. The molecule has 0 spiro atoms. The number of hydrogen-bond donors (Lipinski definition) is 1. The van der Waals surface area contributed by atoms with E-state index in [1.54, 1.807) is 4.90 Å².